The molecule has 9 nitrogen and oxygen atoms in total. The van der Waals surface area contributed by atoms with Gasteiger partial charge in [0.05, 0.1) is 16.9 Å². The SMILES string of the molecule is O=C(Nc1ccc(Br)cc1-c1nn[nH]n1)c1cc2cccc(NC(=O)C3CC3)c2[nH]1. The van der Waals surface area contributed by atoms with E-state index in [1.807, 2.05) is 24.3 Å². The number of amides is 2. The van der Waals surface area contributed by atoms with Gasteiger partial charge in [-0.25, -0.2) is 0 Å². The Morgan fingerprint density at radius 3 is 2.70 bits per heavy atom. The highest BCUT2D eigenvalue weighted by atomic mass is 79.9. The molecule has 2 heterocycles. The lowest BCUT2D eigenvalue weighted by Gasteiger charge is -2.09. The molecule has 1 aliphatic rings. The number of carbonyl (C=O) groups is 2. The number of nitrogens with one attached hydrogen (secondary N) is 4. The van der Waals surface area contributed by atoms with E-state index >= 15 is 0 Å². The van der Waals surface area contributed by atoms with Crippen LogP contribution < -0.4 is 10.6 Å². The van der Waals surface area contributed by atoms with Crippen LogP contribution in [0.1, 0.15) is 23.3 Å². The molecular weight excluding hydrogens is 450 g/mol. The highest BCUT2D eigenvalue weighted by Crippen LogP contribution is 2.32. The van der Waals surface area contributed by atoms with Crippen LogP contribution in [-0.2, 0) is 4.79 Å². The van der Waals surface area contributed by atoms with Gasteiger partial charge in [0.2, 0.25) is 11.7 Å². The van der Waals surface area contributed by atoms with Crippen molar-refractivity contribution in [2.75, 3.05) is 10.6 Å². The fourth-order valence-electron chi connectivity index (χ4n) is 3.24. The fraction of sp³-hybridized carbons (Fsp3) is 0.150. The Morgan fingerprint density at radius 1 is 1.07 bits per heavy atom. The molecule has 2 amide bonds. The number of para-hydroxylation sites is 1. The maximum absolute atomic E-state index is 12.9. The molecule has 0 aliphatic heterocycles. The van der Waals surface area contributed by atoms with Gasteiger partial charge in [0.15, 0.2) is 0 Å². The van der Waals surface area contributed by atoms with Crippen molar-refractivity contribution in [2.24, 2.45) is 5.92 Å². The molecule has 0 radical (unpaired) electrons. The standard InChI is InChI=1S/C20H16BrN7O2/c21-12-6-7-14(13(9-12)18-25-27-28-26-18)23-20(30)16-8-11-2-1-3-15(17(11)22-16)24-19(29)10-4-5-10/h1-3,6-10,22H,4-5H2,(H,23,30)(H,24,29)(H,25,26,27,28). The first-order valence-corrected chi connectivity index (χ1v) is 10.1. The summed E-state index contributed by atoms with van der Waals surface area (Å²) in [6, 6.07) is 12.7. The number of hydrogen-bond acceptors (Lipinski definition) is 5. The number of nitrogens with zero attached hydrogens (tertiary/aromatic N) is 3. The van der Waals surface area contributed by atoms with Crippen molar-refractivity contribution in [3.8, 4) is 11.4 Å². The summed E-state index contributed by atoms with van der Waals surface area (Å²) in [5.74, 6) is 0.160. The number of aromatic nitrogens is 5. The molecule has 150 valence electrons. The van der Waals surface area contributed by atoms with Crippen molar-refractivity contribution in [1.82, 2.24) is 25.6 Å². The van der Waals surface area contributed by atoms with Gasteiger partial charge >= 0.3 is 0 Å². The van der Waals surface area contributed by atoms with E-state index in [2.05, 4.69) is 52.2 Å². The van der Waals surface area contributed by atoms with E-state index < -0.39 is 0 Å². The summed E-state index contributed by atoms with van der Waals surface area (Å²) in [4.78, 5) is 28.2. The summed E-state index contributed by atoms with van der Waals surface area (Å²) in [6.07, 6.45) is 1.85. The molecule has 5 rings (SSSR count). The molecule has 30 heavy (non-hydrogen) atoms. The fourth-order valence-corrected chi connectivity index (χ4v) is 3.60. The van der Waals surface area contributed by atoms with Gasteiger partial charge in [-0.1, -0.05) is 28.1 Å². The number of H-pyrrole nitrogens is 2. The van der Waals surface area contributed by atoms with Crippen LogP contribution in [-0.4, -0.2) is 37.4 Å². The second-order valence-electron chi connectivity index (χ2n) is 7.10. The van der Waals surface area contributed by atoms with Crippen LogP contribution in [0.25, 0.3) is 22.3 Å². The Kier molecular flexibility index (Phi) is 4.55. The van der Waals surface area contributed by atoms with Gasteiger partial charge in [-0.05, 0) is 48.4 Å². The lowest BCUT2D eigenvalue weighted by Crippen LogP contribution is -2.14. The maximum Gasteiger partial charge on any atom is 0.272 e. The second-order valence-corrected chi connectivity index (χ2v) is 8.01. The van der Waals surface area contributed by atoms with Gasteiger partial charge < -0.3 is 15.6 Å². The Morgan fingerprint density at radius 2 is 1.93 bits per heavy atom. The Balaban J connectivity index is 1.44. The number of anilines is 2. The average molecular weight is 466 g/mol. The molecule has 2 aromatic heterocycles. The Hall–Kier alpha value is -3.53. The number of rotatable bonds is 5. The van der Waals surface area contributed by atoms with E-state index in [0.29, 0.717) is 34.0 Å². The average Bonchev–Trinajstić information content (AvgIpc) is 3.26. The zero-order valence-corrected chi connectivity index (χ0v) is 17.2. The van der Waals surface area contributed by atoms with Gasteiger partial charge in [0.25, 0.3) is 5.91 Å². The molecule has 1 saturated carbocycles. The molecule has 4 aromatic rings. The number of benzene rings is 2. The maximum atomic E-state index is 12.9. The monoisotopic (exact) mass is 465 g/mol. The Labute approximate surface area is 178 Å². The minimum absolute atomic E-state index is 0.0164. The molecule has 10 heteroatoms. The summed E-state index contributed by atoms with van der Waals surface area (Å²) in [5, 5.41) is 20.7. The smallest absolute Gasteiger partial charge is 0.272 e. The van der Waals surface area contributed by atoms with Crippen LogP contribution in [0.4, 0.5) is 11.4 Å². The van der Waals surface area contributed by atoms with Crippen LogP contribution in [0.3, 0.4) is 0 Å². The van der Waals surface area contributed by atoms with Gasteiger partial charge in [-0.15, -0.1) is 10.2 Å². The number of tetrazole rings is 1. The number of carbonyl (C=O) groups excluding carboxylic acids is 2. The van der Waals surface area contributed by atoms with E-state index in [4.69, 9.17) is 0 Å². The summed E-state index contributed by atoms with van der Waals surface area (Å²) in [6.45, 7) is 0. The second kappa shape index (κ2) is 7.38. The zero-order valence-electron chi connectivity index (χ0n) is 15.6. The minimum Gasteiger partial charge on any atom is -0.349 e. The van der Waals surface area contributed by atoms with Crippen molar-refractivity contribution in [3.05, 3.63) is 52.6 Å². The van der Waals surface area contributed by atoms with Gasteiger partial charge in [-0.3, -0.25) is 9.59 Å². The predicted molar refractivity (Wildman–Crippen MR) is 115 cm³/mol. The summed E-state index contributed by atoms with van der Waals surface area (Å²) < 4.78 is 0.821. The third-order valence-electron chi connectivity index (χ3n) is 4.92. The largest absolute Gasteiger partial charge is 0.349 e. The molecule has 0 saturated heterocycles. The van der Waals surface area contributed by atoms with Crippen molar-refractivity contribution < 1.29 is 9.59 Å². The third-order valence-corrected chi connectivity index (χ3v) is 5.42. The van der Waals surface area contributed by atoms with Crippen molar-refractivity contribution >= 4 is 50.0 Å². The highest BCUT2D eigenvalue weighted by molar-refractivity contribution is 9.10. The van der Waals surface area contributed by atoms with E-state index in [9.17, 15) is 9.59 Å². The number of aromatic amines is 2. The molecule has 2 aromatic carbocycles. The third kappa shape index (κ3) is 3.57. The molecule has 0 spiro atoms. The van der Waals surface area contributed by atoms with Gasteiger partial charge in [0.1, 0.15) is 5.69 Å². The van der Waals surface area contributed by atoms with Crippen molar-refractivity contribution in [1.29, 1.82) is 0 Å². The van der Waals surface area contributed by atoms with Crippen LogP contribution in [0.15, 0.2) is 46.9 Å². The molecule has 0 atom stereocenters. The number of hydrogen-bond donors (Lipinski definition) is 4. The van der Waals surface area contributed by atoms with Gasteiger partial charge in [-0.2, -0.15) is 5.21 Å². The van der Waals surface area contributed by atoms with E-state index in [1.54, 1.807) is 18.2 Å². The Bertz CT molecular complexity index is 1260. The van der Waals surface area contributed by atoms with E-state index in [1.165, 1.54) is 0 Å². The van der Waals surface area contributed by atoms with Crippen LogP contribution >= 0.6 is 15.9 Å². The summed E-state index contributed by atoms with van der Waals surface area (Å²) in [5.41, 5.74) is 2.93. The first-order valence-electron chi connectivity index (χ1n) is 9.36. The highest BCUT2D eigenvalue weighted by Gasteiger charge is 2.30. The number of fused-ring (bicyclic) bond motifs is 1. The van der Waals surface area contributed by atoms with Crippen LogP contribution in [0, 0.1) is 5.92 Å². The molecular formula is C20H16BrN7O2. The lowest BCUT2D eigenvalue weighted by atomic mass is 10.1. The van der Waals surface area contributed by atoms with Crippen molar-refractivity contribution in [3.63, 3.8) is 0 Å². The summed E-state index contributed by atoms with van der Waals surface area (Å²) >= 11 is 3.42. The van der Waals surface area contributed by atoms with Crippen LogP contribution in [0.5, 0.6) is 0 Å². The van der Waals surface area contributed by atoms with Crippen LogP contribution in [0.2, 0.25) is 0 Å². The molecule has 0 unspecified atom stereocenters. The number of halogens is 1. The predicted octanol–water partition coefficient (Wildman–Crippen LogP) is 3.71. The quantitative estimate of drug-likeness (QED) is 0.357. The lowest BCUT2D eigenvalue weighted by molar-refractivity contribution is -0.117. The zero-order chi connectivity index (χ0) is 20.7. The van der Waals surface area contributed by atoms with E-state index in [0.717, 1.165) is 22.7 Å². The topological polar surface area (TPSA) is 128 Å². The molecule has 1 aliphatic carbocycles. The first-order chi connectivity index (χ1) is 14.6. The molecule has 0 bridgehead atoms. The molecule has 1 fully saturated rings. The minimum atomic E-state index is -0.322. The normalized spacial score (nSPS) is 13.4. The molecule has 4 N–H and O–H groups in total. The van der Waals surface area contributed by atoms with Crippen molar-refractivity contribution in [2.45, 2.75) is 12.8 Å². The summed E-state index contributed by atoms with van der Waals surface area (Å²) in [7, 11) is 0. The first kappa shape index (κ1) is 18.5. The van der Waals surface area contributed by atoms with E-state index in [-0.39, 0.29) is 17.7 Å². The van der Waals surface area contributed by atoms with Gasteiger partial charge in [0, 0.05) is 21.3 Å².